The quantitative estimate of drug-likeness (QED) is 0.879. The third-order valence-corrected chi connectivity index (χ3v) is 4.56. The van der Waals surface area contributed by atoms with Gasteiger partial charge in [0.15, 0.2) is 0 Å². The van der Waals surface area contributed by atoms with Gasteiger partial charge in [0, 0.05) is 11.9 Å². The number of carbonyl (C=O) groups excluding carboxylic acids is 2. The Balaban J connectivity index is 1.84. The number of nitrogens with one attached hydrogen (secondary N) is 1. The molecule has 0 unspecified atom stereocenters. The van der Waals surface area contributed by atoms with Gasteiger partial charge in [0.25, 0.3) is 5.91 Å². The summed E-state index contributed by atoms with van der Waals surface area (Å²) in [5.41, 5.74) is 0.452. The predicted octanol–water partition coefficient (Wildman–Crippen LogP) is 2.80. The molecule has 0 aromatic carbocycles. The largest absolute Gasteiger partial charge is 0.469 e. The number of hydrogen-bond donors (Lipinski definition) is 1. The van der Waals surface area contributed by atoms with E-state index in [9.17, 15) is 9.59 Å². The fourth-order valence-electron chi connectivity index (χ4n) is 1.77. The van der Waals surface area contributed by atoms with Crippen molar-refractivity contribution in [1.82, 2.24) is 10.2 Å². The molecule has 1 N–H and O–H groups in total. The molecular weight excluding hydrogens is 356 g/mol. The highest BCUT2D eigenvalue weighted by Gasteiger charge is 2.15. The molecule has 0 aliphatic carbocycles. The van der Waals surface area contributed by atoms with Crippen molar-refractivity contribution in [3.05, 3.63) is 44.4 Å². The summed E-state index contributed by atoms with van der Waals surface area (Å²) in [5, 5.41) is 2.60. The predicted molar refractivity (Wildman–Crippen MR) is 84.3 cm³/mol. The maximum absolute atomic E-state index is 12.0. The van der Waals surface area contributed by atoms with Gasteiger partial charge in [0.1, 0.15) is 5.76 Å². The molecule has 0 saturated heterocycles. The summed E-state index contributed by atoms with van der Waals surface area (Å²) in [6.07, 6.45) is 1.45. The van der Waals surface area contributed by atoms with Crippen LogP contribution in [-0.2, 0) is 11.3 Å². The van der Waals surface area contributed by atoms with Crippen molar-refractivity contribution >= 4 is 39.1 Å². The molecule has 21 heavy (non-hydrogen) atoms. The van der Waals surface area contributed by atoms with Crippen molar-refractivity contribution in [3.63, 3.8) is 0 Å². The van der Waals surface area contributed by atoms with E-state index in [1.54, 1.807) is 36.3 Å². The molecule has 2 heterocycles. The van der Waals surface area contributed by atoms with Crippen molar-refractivity contribution in [3.8, 4) is 0 Å². The molecule has 0 spiro atoms. The van der Waals surface area contributed by atoms with Gasteiger partial charge in [-0.05, 0) is 41.1 Å². The van der Waals surface area contributed by atoms with E-state index in [1.165, 1.54) is 6.26 Å². The Hall–Kier alpha value is -1.60. The van der Waals surface area contributed by atoms with Gasteiger partial charge in [-0.1, -0.05) is 0 Å². The van der Waals surface area contributed by atoms with Crippen molar-refractivity contribution in [2.45, 2.75) is 13.5 Å². The van der Waals surface area contributed by atoms with Crippen LogP contribution in [0.4, 0.5) is 0 Å². The Morgan fingerprint density at radius 3 is 2.71 bits per heavy atom. The van der Waals surface area contributed by atoms with E-state index < -0.39 is 0 Å². The van der Waals surface area contributed by atoms with Gasteiger partial charge in [-0.15, -0.1) is 11.3 Å². The first kappa shape index (κ1) is 15.8. The molecule has 2 rings (SSSR count). The molecule has 2 aromatic rings. The summed E-state index contributed by atoms with van der Waals surface area (Å²) in [5.74, 6) is 0.0904. The Morgan fingerprint density at radius 1 is 1.38 bits per heavy atom. The Morgan fingerprint density at radius 2 is 2.14 bits per heavy atom. The minimum absolute atomic E-state index is 0.0352. The van der Waals surface area contributed by atoms with Gasteiger partial charge >= 0.3 is 0 Å². The van der Waals surface area contributed by atoms with Crippen LogP contribution in [0.3, 0.4) is 0 Å². The highest BCUT2D eigenvalue weighted by atomic mass is 79.9. The number of aryl methyl sites for hydroxylation is 1. The molecule has 2 aromatic heterocycles. The standard InChI is InChI=1S/C14H15BrN2O3S/c1-9-11(5-6-20-9)14(19)16-7-13(18)17(2)8-10-3-4-12(15)21-10/h3-6H,7-8H2,1-2H3,(H,16,19). The molecule has 0 saturated carbocycles. The third-order valence-electron chi connectivity index (χ3n) is 2.95. The number of rotatable bonds is 5. The van der Waals surface area contributed by atoms with Crippen LogP contribution in [-0.4, -0.2) is 30.3 Å². The third kappa shape index (κ3) is 4.18. The van der Waals surface area contributed by atoms with Crippen LogP contribution in [0, 0.1) is 6.92 Å². The number of thiophene rings is 1. The number of likely N-dealkylation sites (N-methyl/N-ethyl adjacent to an activating group) is 1. The van der Waals surface area contributed by atoms with Crippen molar-refractivity contribution < 1.29 is 14.0 Å². The SMILES string of the molecule is Cc1occc1C(=O)NCC(=O)N(C)Cc1ccc(Br)s1. The van der Waals surface area contributed by atoms with E-state index in [0.29, 0.717) is 17.9 Å². The van der Waals surface area contributed by atoms with E-state index in [0.717, 1.165) is 8.66 Å². The fraction of sp³-hybridized carbons (Fsp3) is 0.286. The van der Waals surface area contributed by atoms with Crippen LogP contribution in [0.1, 0.15) is 21.0 Å². The van der Waals surface area contributed by atoms with Gasteiger partial charge in [-0.3, -0.25) is 9.59 Å². The van der Waals surface area contributed by atoms with Gasteiger partial charge in [-0.2, -0.15) is 0 Å². The molecule has 5 nitrogen and oxygen atoms in total. The first-order valence-corrected chi connectivity index (χ1v) is 7.89. The van der Waals surface area contributed by atoms with Gasteiger partial charge in [0.2, 0.25) is 5.91 Å². The number of carbonyl (C=O) groups is 2. The molecule has 112 valence electrons. The second kappa shape index (κ2) is 6.91. The maximum atomic E-state index is 12.0. The zero-order valence-corrected chi connectivity index (χ0v) is 14.1. The van der Waals surface area contributed by atoms with Crippen molar-refractivity contribution in [2.24, 2.45) is 0 Å². The van der Waals surface area contributed by atoms with Crippen molar-refractivity contribution in [2.75, 3.05) is 13.6 Å². The van der Waals surface area contributed by atoms with Crippen LogP contribution < -0.4 is 5.32 Å². The lowest BCUT2D eigenvalue weighted by atomic mass is 10.2. The molecule has 0 radical (unpaired) electrons. The van der Waals surface area contributed by atoms with E-state index in [2.05, 4.69) is 21.2 Å². The monoisotopic (exact) mass is 370 g/mol. The summed E-state index contributed by atoms with van der Waals surface area (Å²) < 4.78 is 6.09. The number of amides is 2. The minimum atomic E-state index is -0.304. The summed E-state index contributed by atoms with van der Waals surface area (Å²) in [4.78, 5) is 26.5. The molecule has 2 amide bonds. The van der Waals surface area contributed by atoms with Gasteiger partial charge < -0.3 is 14.6 Å². The smallest absolute Gasteiger partial charge is 0.255 e. The maximum Gasteiger partial charge on any atom is 0.255 e. The van der Waals surface area contributed by atoms with E-state index in [1.807, 2.05) is 12.1 Å². The lowest BCUT2D eigenvalue weighted by molar-refractivity contribution is -0.129. The molecule has 7 heteroatoms. The number of hydrogen-bond acceptors (Lipinski definition) is 4. The van der Waals surface area contributed by atoms with Crippen LogP contribution in [0.25, 0.3) is 0 Å². The van der Waals surface area contributed by atoms with Crippen LogP contribution in [0.2, 0.25) is 0 Å². The molecule has 0 aliphatic rings. The summed E-state index contributed by atoms with van der Waals surface area (Å²) in [6.45, 7) is 2.19. The number of furan rings is 1. The summed E-state index contributed by atoms with van der Waals surface area (Å²) >= 11 is 4.97. The van der Waals surface area contributed by atoms with Gasteiger partial charge in [0.05, 0.1) is 28.7 Å². The Labute approximate surface area is 135 Å². The second-order valence-electron chi connectivity index (χ2n) is 4.53. The second-order valence-corrected chi connectivity index (χ2v) is 7.08. The van der Waals surface area contributed by atoms with E-state index in [-0.39, 0.29) is 18.4 Å². The molecular formula is C14H15BrN2O3S. The topological polar surface area (TPSA) is 62.6 Å². The van der Waals surface area contributed by atoms with Crippen LogP contribution in [0.5, 0.6) is 0 Å². The zero-order valence-electron chi connectivity index (χ0n) is 11.7. The normalized spacial score (nSPS) is 10.4. The average molecular weight is 371 g/mol. The summed E-state index contributed by atoms with van der Waals surface area (Å²) in [7, 11) is 1.71. The van der Waals surface area contributed by atoms with Crippen LogP contribution >= 0.6 is 27.3 Å². The van der Waals surface area contributed by atoms with Crippen LogP contribution in [0.15, 0.2) is 32.7 Å². The zero-order chi connectivity index (χ0) is 15.4. The Bertz CT molecular complexity index is 650. The number of nitrogens with zero attached hydrogens (tertiary/aromatic N) is 1. The highest BCUT2D eigenvalue weighted by molar-refractivity contribution is 9.11. The first-order valence-electron chi connectivity index (χ1n) is 6.28. The molecule has 0 bridgehead atoms. The Kier molecular flexibility index (Phi) is 5.19. The van der Waals surface area contributed by atoms with E-state index in [4.69, 9.17) is 4.42 Å². The van der Waals surface area contributed by atoms with Gasteiger partial charge in [-0.25, -0.2) is 0 Å². The minimum Gasteiger partial charge on any atom is -0.469 e. The molecule has 0 atom stereocenters. The molecule has 0 fully saturated rings. The lowest BCUT2D eigenvalue weighted by Gasteiger charge is -2.16. The average Bonchev–Trinajstić information content (AvgIpc) is 3.04. The fourth-order valence-corrected chi connectivity index (χ4v) is 3.30. The van der Waals surface area contributed by atoms with Crippen molar-refractivity contribution in [1.29, 1.82) is 0 Å². The van der Waals surface area contributed by atoms with E-state index >= 15 is 0 Å². The molecule has 0 aliphatic heterocycles. The summed E-state index contributed by atoms with van der Waals surface area (Å²) in [6, 6.07) is 5.50. The first-order chi connectivity index (χ1) is 9.97. The number of halogens is 1. The highest BCUT2D eigenvalue weighted by Crippen LogP contribution is 2.22. The lowest BCUT2D eigenvalue weighted by Crippen LogP contribution is -2.37.